The van der Waals surface area contributed by atoms with Gasteiger partial charge in [0.15, 0.2) is 0 Å². The molecule has 2 aromatic carbocycles. The summed E-state index contributed by atoms with van der Waals surface area (Å²) in [5.41, 5.74) is 1.21. The van der Waals surface area contributed by atoms with Crippen LogP contribution in [-0.4, -0.2) is 24.7 Å². The lowest BCUT2D eigenvalue weighted by Gasteiger charge is -2.38. The molecule has 1 saturated heterocycles. The third kappa shape index (κ3) is 3.91. The molecule has 0 atom stereocenters. The zero-order chi connectivity index (χ0) is 17.9. The number of hydrogen-bond donors (Lipinski definition) is 1. The number of halogens is 2. The van der Waals surface area contributed by atoms with Crippen molar-refractivity contribution in [3.63, 3.8) is 0 Å². The zero-order valence-corrected chi connectivity index (χ0v) is 14.3. The van der Waals surface area contributed by atoms with E-state index < -0.39 is 4.92 Å². The average molecular weight is 365 g/mol. The topological polar surface area (TPSA) is 64.4 Å². The average Bonchev–Trinajstić information content (AvgIpc) is 2.61. The van der Waals surface area contributed by atoms with Gasteiger partial charge in [-0.05, 0) is 36.6 Å². The van der Waals surface area contributed by atoms with Crippen molar-refractivity contribution >= 4 is 23.0 Å². The van der Waals surface area contributed by atoms with E-state index in [1.165, 1.54) is 18.2 Å². The van der Waals surface area contributed by atoms with Gasteiger partial charge in [-0.3, -0.25) is 10.1 Å². The number of benzene rings is 2. The maximum absolute atomic E-state index is 13.7. The van der Waals surface area contributed by atoms with E-state index in [0.717, 1.165) is 18.4 Å². The lowest BCUT2D eigenvalue weighted by molar-refractivity contribution is -0.384. The van der Waals surface area contributed by atoms with E-state index in [1.54, 1.807) is 18.2 Å². The number of ether oxygens (including phenoxy) is 1. The van der Waals surface area contributed by atoms with Crippen molar-refractivity contribution in [3.8, 4) is 0 Å². The van der Waals surface area contributed by atoms with Gasteiger partial charge in [0.2, 0.25) is 0 Å². The van der Waals surface area contributed by atoms with E-state index in [9.17, 15) is 14.5 Å². The van der Waals surface area contributed by atoms with Crippen LogP contribution in [0.2, 0.25) is 5.02 Å². The fourth-order valence-corrected chi connectivity index (χ4v) is 3.41. The Balaban J connectivity index is 1.83. The Bertz CT molecular complexity index is 779. The first-order chi connectivity index (χ1) is 12.0. The van der Waals surface area contributed by atoms with E-state index >= 15 is 0 Å². The van der Waals surface area contributed by atoms with Gasteiger partial charge in [-0.15, -0.1) is 0 Å². The molecule has 0 unspecified atom stereocenters. The Morgan fingerprint density at radius 1 is 1.24 bits per heavy atom. The van der Waals surface area contributed by atoms with Crippen LogP contribution < -0.4 is 5.32 Å². The van der Waals surface area contributed by atoms with E-state index in [2.05, 4.69) is 5.32 Å². The summed E-state index contributed by atoms with van der Waals surface area (Å²) in [6, 6.07) is 10.9. The van der Waals surface area contributed by atoms with Crippen molar-refractivity contribution in [3.05, 3.63) is 69.0 Å². The summed E-state index contributed by atoms with van der Waals surface area (Å²) in [6.45, 7) is 1.75. The lowest BCUT2D eigenvalue weighted by atomic mass is 9.74. The SMILES string of the molecule is O=[N+]([O-])c1ccc(NCC2(c3cccc(F)c3)CCOCC2)c(Cl)c1. The minimum absolute atomic E-state index is 0.0542. The first-order valence-corrected chi connectivity index (χ1v) is 8.40. The summed E-state index contributed by atoms with van der Waals surface area (Å²) < 4.78 is 19.2. The predicted octanol–water partition coefficient (Wildman–Crippen LogP) is 4.55. The van der Waals surface area contributed by atoms with Gasteiger partial charge in [0.1, 0.15) is 5.82 Å². The first-order valence-electron chi connectivity index (χ1n) is 8.02. The molecule has 0 amide bonds. The van der Waals surface area contributed by atoms with Crippen molar-refractivity contribution in [2.75, 3.05) is 25.1 Å². The van der Waals surface area contributed by atoms with E-state index in [0.29, 0.717) is 25.4 Å². The summed E-state index contributed by atoms with van der Waals surface area (Å²) in [5.74, 6) is -0.267. The lowest BCUT2D eigenvalue weighted by Crippen LogP contribution is -2.40. The maximum atomic E-state index is 13.7. The fourth-order valence-electron chi connectivity index (χ4n) is 3.17. The van der Waals surface area contributed by atoms with Crippen molar-refractivity contribution in [1.82, 2.24) is 0 Å². The highest BCUT2D eigenvalue weighted by Crippen LogP contribution is 2.36. The molecule has 5 nitrogen and oxygen atoms in total. The number of rotatable bonds is 5. The molecule has 0 aromatic heterocycles. The number of hydrogen-bond acceptors (Lipinski definition) is 4. The van der Waals surface area contributed by atoms with Gasteiger partial charge in [-0.1, -0.05) is 23.7 Å². The van der Waals surface area contributed by atoms with Gasteiger partial charge in [0, 0.05) is 37.3 Å². The zero-order valence-electron chi connectivity index (χ0n) is 13.5. The second kappa shape index (κ2) is 7.37. The molecule has 0 aliphatic carbocycles. The number of non-ortho nitro benzene ring substituents is 1. The van der Waals surface area contributed by atoms with Crippen LogP contribution in [0.25, 0.3) is 0 Å². The second-order valence-corrected chi connectivity index (χ2v) is 6.59. The van der Waals surface area contributed by atoms with Crippen LogP contribution in [0.1, 0.15) is 18.4 Å². The van der Waals surface area contributed by atoms with Gasteiger partial charge >= 0.3 is 0 Å². The van der Waals surface area contributed by atoms with Crippen molar-refractivity contribution < 1.29 is 14.1 Å². The van der Waals surface area contributed by atoms with Crippen molar-refractivity contribution in [2.24, 2.45) is 0 Å². The summed E-state index contributed by atoms with van der Waals surface area (Å²) >= 11 is 6.16. The van der Waals surface area contributed by atoms with Gasteiger partial charge in [0.05, 0.1) is 15.6 Å². The molecule has 25 heavy (non-hydrogen) atoms. The summed E-state index contributed by atoms with van der Waals surface area (Å²) in [7, 11) is 0. The molecular formula is C18H18ClFN2O3. The third-order valence-corrected chi connectivity index (χ3v) is 4.98. The molecule has 1 heterocycles. The number of nitrogens with one attached hydrogen (secondary N) is 1. The monoisotopic (exact) mass is 364 g/mol. The highest BCUT2D eigenvalue weighted by molar-refractivity contribution is 6.33. The molecule has 0 saturated carbocycles. The van der Waals surface area contributed by atoms with Crippen molar-refractivity contribution in [1.29, 1.82) is 0 Å². The smallest absolute Gasteiger partial charge is 0.271 e. The molecule has 1 aliphatic rings. The highest BCUT2D eigenvalue weighted by atomic mass is 35.5. The minimum atomic E-state index is -0.484. The molecule has 1 aliphatic heterocycles. The quantitative estimate of drug-likeness (QED) is 0.624. The van der Waals surface area contributed by atoms with Gasteiger partial charge in [-0.2, -0.15) is 0 Å². The van der Waals surface area contributed by atoms with Crippen LogP contribution >= 0.6 is 11.6 Å². The molecule has 132 valence electrons. The Kier molecular flexibility index (Phi) is 5.20. The van der Waals surface area contributed by atoms with Crippen LogP contribution in [0.5, 0.6) is 0 Å². The number of nitro benzene ring substituents is 1. The minimum Gasteiger partial charge on any atom is -0.383 e. The molecule has 1 N–H and O–H groups in total. The van der Waals surface area contributed by atoms with Gasteiger partial charge in [-0.25, -0.2) is 4.39 Å². The molecule has 0 spiro atoms. The summed E-state index contributed by atoms with van der Waals surface area (Å²) in [5, 5.41) is 14.4. The summed E-state index contributed by atoms with van der Waals surface area (Å²) in [4.78, 5) is 10.3. The van der Waals surface area contributed by atoms with E-state index in [-0.39, 0.29) is 21.9 Å². The molecule has 0 bridgehead atoms. The standard InChI is InChI=1S/C18H18ClFN2O3/c19-16-11-15(22(23)24)4-5-17(16)21-12-18(6-8-25-9-7-18)13-2-1-3-14(20)10-13/h1-5,10-11,21H,6-9,12H2. The number of nitrogens with zero attached hydrogens (tertiary/aromatic N) is 1. The molecule has 7 heteroatoms. The Hall–Kier alpha value is -2.18. The predicted molar refractivity (Wildman–Crippen MR) is 94.7 cm³/mol. The Labute approximate surface area is 149 Å². The molecule has 1 fully saturated rings. The number of anilines is 1. The van der Waals surface area contributed by atoms with E-state index in [4.69, 9.17) is 16.3 Å². The molecule has 2 aromatic rings. The van der Waals surface area contributed by atoms with Crippen LogP contribution in [0.3, 0.4) is 0 Å². The molecule has 3 rings (SSSR count). The third-order valence-electron chi connectivity index (χ3n) is 4.67. The van der Waals surface area contributed by atoms with Crippen molar-refractivity contribution in [2.45, 2.75) is 18.3 Å². The summed E-state index contributed by atoms with van der Waals surface area (Å²) in [6.07, 6.45) is 1.52. The van der Waals surface area contributed by atoms with Crippen LogP contribution in [0.4, 0.5) is 15.8 Å². The van der Waals surface area contributed by atoms with Gasteiger partial charge in [0.25, 0.3) is 5.69 Å². The van der Waals surface area contributed by atoms with Gasteiger partial charge < -0.3 is 10.1 Å². The Morgan fingerprint density at radius 3 is 2.64 bits per heavy atom. The van der Waals surface area contributed by atoms with E-state index in [1.807, 2.05) is 6.07 Å². The molecule has 0 radical (unpaired) electrons. The highest BCUT2D eigenvalue weighted by Gasteiger charge is 2.34. The first kappa shape index (κ1) is 17.6. The van der Waals surface area contributed by atoms with Crippen LogP contribution in [0.15, 0.2) is 42.5 Å². The van der Waals surface area contributed by atoms with Crippen LogP contribution in [-0.2, 0) is 10.2 Å². The molecular weight excluding hydrogens is 347 g/mol. The largest absolute Gasteiger partial charge is 0.383 e. The number of nitro groups is 1. The second-order valence-electron chi connectivity index (χ2n) is 6.18. The Morgan fingerprint density at radius 2 is 2.00 bits per heavy atom. The van der Waals surface area contributed by atoms with Crippen LogP contribution in [0, 0.1) is 15.9 Å². The fraction of sp³-hybridized carbons (Fsp3) is 0.333. The normalized spacial score (nSPS) is 16.4. The maximum Gasteiger partial charge on any atom is 0.271 e.